The topological polar surface area (TPSA) is 84.9 Å². The maximum Gasteiger partial charge on any atom is 0.408 e. The summed E-state index contributed by atoms with van der Waals surface area (Å²) in [5.74, 6) is -0.474. The molecule has 1 rings (SSSR count). The van der Waals surface area contributed by atoms with E-state index in [1.54, 1.807) is 31.4 Å². The van der Waals surface area contributed by atoms with Crippen LogP contribution in [0.3, 0.4) is 0 Å². The zero-order valence-electron chi connectivity index (χ0n) is 11.1. The zero-order chi connectivity index (χ0) is 14.5. The van der Waals surface area contributed by atoms with Crippen molar-refractivity contribution in [2.45, 2.75) is 26.0 Å². The maximum absolute atomic E-state index is 11.5. The Hall–Kier alpha value is -2.24. The number of hydrogen-bond acceptors (Lipinski definition) is 4. The number of amides is 1. The van der Waals surface area contributed by atoms with Crippen LogP contribution in [0.5, 0.6) is 5.75 Å². The van der Waals surface area contributed by atoms with Crippen LogP contribution in [-0.2, 0) is 16.1 Å². The molecule has 19 heavy (non-hydrogen) atoms. The lowest BCUT2D eigenvalue weighted by Gasteiger charge is -2.20. The van der Waals surface area contributed by atoms with Gasteiger partial charge in [0.15, 0.2) is 0 Å². The van der Waals surface area contributed by atoms with Crippen molar-refractivity contribution in [3.63, 3.8) is 0 Å². The number of methoxy groups -OCH3 is 1. The standard InChI is InChI=1S/C13H17NO5/c1-13(2,11(15)16)14-12(17)19-8-9-5-4-6-10(7-9)18-3/h4-7H,8H2,1-3H3,(H,14,17)(H,15,16). The van der Waals surface area contributed by atoms with Crippen LogP contribution in [0.15, 0.2) is 24.3 Å². The molecule has 0 unspecified atom stereocenters. The molecule has 0 aliphatic carbocycles. The fourth-order valence-corrected chi connectivity index (χ4v) is 1.26. The molecule has 0 atom stereocenters. The number of carbonyl (C=O) groups is 2. The van der Waals surface area contributed by atoms with Crippen molar-refractivity contribution in [3.8, 4) is 5.75 Å². The first kappa shape index (κ1) is 14.8. The minimum atomic E-state index is -1.37. The molecule has 1 amide bonds. The molecule has 6 nitrogen and oxygen atoms in total. The molecule has 1 aromatic carbocycles. The molecule has 2 N–H and O–H groups in total. The molecule has 104 valence electrons. The largest absolute Gasteiger partial charge is 0.497 e. The second-order valence-corrected chi connectivity index (χ2v) is 4.48. The number of aliphatic carboxylic acids is 1. The van der Waals surface area contributed by atoms with E-state index in [0.717, 1.165) is 5.56 Å². The molecule has 0 aliphatic heterocycles. The van der Waals surface area contributed by atoms with Gasteiger partial charge in [0.25, 0.3) is 0 Å². The van der Waals surface area contributed by atoms with Crippen LogP contribution in [0.1, 0.15) is 19.4 Å². The highest BCUT2D eigenvalue weighted by Crippen LogP contribution is 2.13. The van der Waals surface area contributed by atoms with E-state index in [1.165, 1.54) is 13.8 Å². The molecule has 1 aromatic rings. The van der Waals surface area contributed by atoms with Crippen LogP contribution in [0.2, 0.25) is 0 Å². The number of ether oxygens (including phenoxy) is 2. The highest BCUT2D eigenvalue weighted by atomic mass is 16.5. The van der Waals surface area contributed by atoms with E-state index in [1.807, 2.05) is 0 Å². The summed E-state index contributed by atoms with van der Waals surface area (Å²) in [6.07, 6.45) is -0.782. The Labute approximate surface area is 111 Å². The number of alkyl carbamates (subject to hydrolysis) is 1. The van der Waals surface area contributed by atoms with Gasteiger partial charge in [0.05, 0.1) is 7.11 Å². The number of benzene rings is 1. The Balaban J connectivity index is 2.52. The van der Waals surface area contributed by atoms with E-state index in [4.69, 9.17) is 14.6 Å². The highest BCUT2D eigenvalue weighted by Gasteiger charge is 2.29. The number of carboxylic acid groups (broad SMARTS) is 1. The molecule has 0 aromatic heterocycles. The van der Waals surface area contributed by atoms with Gasteiger partial charge >= 0.3 is 12.1 Å². The van der Waals surface area contributed by atoms with Gasteiger partial charge in [-0.25, -0.2) is 9.59 Å². The number of hydrogen-bond donors (Lipinski definition) is 2. The van der Waals surface area contributed by atoms with Gasteiger partial charge in [-0.05, 0) is 31.5 Å². The van der Waals surface area contributed by atoms with Gasteiger partial charge in [0.2, 0.25) is 0 Å². The Morgan fingerprint density at radius 2 is 2.05 bits per heavy atom. The van der Waals surface area contributed by atoms with Gasteiger partial charge in [-0.15, -0.1) is 0 Å². The minimum absolute atomic E-state index is 0.0404. The van der Waals surface area contributed by atoms with E-state index >= 15 is 0 Å². The molecular weight excluding hydrogens is 250 g/mol. The second-order valence-electron chi connectivity index (χ2n) is 4.48. The summed E-state index contributed by atoms with van der Waals surface area (Å²) in [6.45, 7) is 2.79. The van der Waals surface area contributed by atoms with Gasteiger partial charge in [-0.3, -0.25) is 0 Å². The van der Waals surface area contributed by atoms with Crippen molar-refractivity contribution in [1.29, 1.82) is 0 Å². The smallest absolute Gasteiger partial charge is 0.408 e. The van der Waals surface area contributed by atoms with Crippen LogP contribution < -0.4 is 10.1 Å². The molecule has 0 saturated heterocycles. The minimum Gasteiger partial charge on any atom is -0.497 e. The normalized spacial score (nSPS) is 10.7. The average Bonchev–Trinajstić information content (AvgIpc) is 2.36. The summed E-state index contributed by atoms with van der Waals surface area (Å²) in [5.41, 5.74) is -0.617. The van der Waals surface area contributed by atoms with Crippen molar-refractivity contribution in [3.05, 3.63) is 29.8 Å². The van der Waals surface area contributed by atoms with E-state index in [9.17, 15) is 9.59 Å². The number of carbonyl (C=O) groups excluding carboxylic acids is 1. The summed E-state index contributed by atoms with van der Waals surface area (Å²) >= 11 is 0. The van der Waals surface area contributed by atoms with E-state index in [-0.39, 0.29) is 6.61 Å². The number of nitrogens with one attached hydrogen (secondary N) is 1. The van der Waals surface area contributed by atoms with Crippen molar-refractivity contribution in [1.82, 2.24) is 5.32 Å². The fraction of sp³-hybridized carbons (Fsp3) is 0.385. The number of carboxylic acids is 1. The van der Waals surface area contributed by atoms with E-state index < -0.39 is 17.6 Å². The number of rotatable bonds is 5. The monoisotopic (exact) mass is 267 g/mol. The summed E-state index contributed by atoms with van der Waals surface area (Å²) in [5, 5.41) is 11.1. The third-order valence-corrected chi connectivity index (χ3v) is 2.45. The van der Waals surface area contributed by atoms with Crippen molar-refractivity contribution in [2.24, 2.45) is 0 Å². The molecule has 0 spiro atoms. The lowest BCUT2D eigenvalue weighted by Crippen LogP contribution is -2.49. The quantitative estimate of drug-likeness (QED) is 0.849. The average molecular weight is 267 g/mol. The first-order valence-electron chi connectivity index (χ1n) is 5.66. The first-order valence-corrected chi connectivity index (χ1v) is 5.66. The third-order valence-electron chi connectivity index (χ3n) is 2.45. The van der Waals surface area contributed by atoms with E-state index in [0.29, 0.717) is 5.75 Å². The summed E-state index contributed by atoms with van der Waals surface area (Å²) < 4.78 is 9.98. The second kappa shape index (κ2) is 6.08. The molecule has 0 heterocycles. The van der Waals surface area contributed by atoms with Crippen LogP contribution in [0, 0.1) is 0 Å². The van der Waals surface area contributed by atoms with Crippen LogP contribution in [0.4, 0.5) is 4.79 Å². The predicted molar refractivity (Wildman–Crippen MR) is 68.0 cm³/mol. The lowest BCUT2D eigenvalue weighted by atomic mass is 10.1. The van der Waals surface area contributed by atoms with Gasteiger partial charge < -0.3 is 19.9 Å². The van der Waals surface area contributed by atoms with Gasteiger partial charge in [0.1, 0.15) is 17.9 Å². The van der Waals surface area contributed by atoms with Gasteiger partial charge in [-0.1, -0.05) is 12.1 Å². The van der Waals surface area contributed by atoms with Crippen LogP contribution >= 0.6 is 0 Å². The summed E-state index contributed by atoms with van der Waals surface area (Å²) in [7, 11) is 1.54. The Bertz CT molecular complexity index is 470. The molecular formula is C13H17NO5. The van der Waals surface area contributed by atoms with E-state index in [2.05, 4.69) is 5.32 Å². The summed E-state index contributed by atoms with van der Waals surface area (Å²) in [6, 6.07) is 7.06. The Morgan fingerprint density at radius 1 is 1.37 bits per heavy atom. The van der Waals surface area contributed by atoms with Crippen molar-refractivity contribution >= 4 is 12.1 Å². The Kier molecular flexibility index (Phi) is 4.74. The van der Waals surface area contributed by atoms with Crippen molar-refractivity contribution < 1.29 is 24.2 Å². The van der Waals surface area contributed by atoms with Gasteiger partial charge in [0, 0.05) is 0 Å². The Morgan fingerprint density at radius 3 is 2.63 bits per heavy atom. The molecule has 0 radical (unpaired) electrons. The third kappa shape index (κ3) is 4.50. The SMILES string of the molecule is COc1cccc(COC(=O)NC(C)(C)C(=O)O)c1. The summed E-state index contributed by atoms with van der Waals surface area (Å²) in [4.78, 5) is 22.3. The maximum atomic E-state index is 11.5. The first-order chi connectivity index (χ1) is 8.85. The zero-order valence-corrected chi connectivity index (χ0v) is 11.1. The highest BCUT2D eigenvalue weighted by molar-refractivity contribution is 5.83. The van der Waals surface area contributed by atoms with Gasteiger partial charge in [-0.2, -0.15) is 0 Å². The molecule has 0 saturated carbocycles. The molecule has 6 heteroatoms. The molecule has 0 fully saturated rings. The van der Waals surface area contributed by atoms with Crippen LogP contribution in [0.25, 0.3) is 0 Å². The van der Waals surface area contributed by atoms with Crippen molar-refractivity contribution in [2.75, 3.05) is 7.11 Å². The van der Waals surface area contributed by atoms with Crippen LogP contribution in [-0.4, -0.2) is 29.8 Å². The predicted octanol–water partition coefficient (Wildman–Crippen LogP) is 1.78. The molecule has 0 aliphatic rings. The molecule has 0 bridgehead atoms. The lowest BCUT2D eigenvalue weighted by molar-refractivity contribution is -0.143. The fourth-order valence-electron chi connectivity index (χ4n) is 1.26.